The molecule has 0 aromatic heterocycles. The fraction of sp³-hybridized carbons (Fsp3) is 0.375. The number of fused-ring (bicyclic) bond motifs is 1. The molecule has 0 saturated heterocycles. The summed E-state index contributed by atoms with van der Waals surface area (Å²) in [5.41, 5.74) is 1.12. The molecule has 1 radical (unpaired) electrons. The Kier molecular flexibility index (Phi) is 1.40. The molecule has 2 heteroatoms. The van der Waals surface area contributed by atoms with Gasteiger partial charge in [0.05, 0.1) is 18.3 Å². The maximum Gasteiger partial charge on any atom is 0.0847 e. The van der Waals surface area contributed by atoms with Crippen LogP contribution in [0.3, 0.4) is 0 Å². The summed E-state index contributed by atoms with van der Waals surface area (Å²) >= 11 is 0. The van der Waals surface area contributed by atoms with Gasteiger partial charge < -0.3 is 0 Å². The standard InChI is InChI=1S/C8H9N2/c1-3-7-8(9-5-1)4-2-6-10-7/h1-4,7H,5-6H2. The third-order valence-corrected chi connectivity index (χ3v) is 1.70. The van der Waals surface area contributed by atoms with Crippen molar-refractivity contribution in [1.29, 1.82) is 0 Å². The lowest BCUT2D eigenvalue weighted by molar-refractivity contribution is 0.727. The molecule has 0 aromatic rings. The van der Waals surface area contributed by atoms with E-state index in [4.69, 9.17) is 0 Å². The molecule has 1 atom stereocenters. The molecule has 0 aromatic carbocycles. The fourth-order valence-electron chi connectivity index (χ4n) is 1.19. The van der Waals surface area contributed by atoms with E-state index in [0.717, 1.165) is 18.8 Å². The van der Waals surface area contributed by atoms with Gasteiger partial charge in [-0.15, -0.1) is 0 Å². The summed E-state index contributed by atoms with van der Waals surface area (Å²) in [5.74, 6) is 0. The van der Waals surface area contributed by atoms with Gasteiger partial charge in [0, 0.05) is 6.54 Å². The molecular weight excluding hydrogens is 124 g/mol. The minimum atomic E-state index is 0.263. The second-order valence-electron chi connectivity index (χ2n) is 2.41. The van der Waals surface area contributed by atoms with E-state index in [1.54, 1.807) is 0 Å². The molecule has 2 aliphatic rings. The van der Waals surface area contributed by atoms with Crippen LogP contribution in [-0.4, -0.2) is 24.8 Å². The highest BCUT2D eigenvalue weighted by Crippen LogP contribution is 2.05. The van der Waals surface area contributed by atoms with Crippen molar-refractivity contribution in [3.05, 3.63) is 24.3 Å². The molecule has 2 nitrogen and oxygen atoms in total. The summed E-state index contributed by atoms with van der Waals surface area (Å²) in [6.45, 7) is 1.67. The molecule has 1 unspecified atom stereocenters. The van der Waals surface area contributed by atoms with Crippen molar-refractivity contribution in [2.24, 2.45) is 4.99 Å². The first-order valence-electron chi connectivity index (χ1n) is 3.51. The third-order valence-electron chi connectivity index (χ3n) is 1.70. The molecule has 10 heavy (non-hydrogen) atoms. The van der Waals surface area contributed by atoms with Crippen LogP contribution in [0.1, 0.15) is 0 Å². The lowest BCUT2D eigenvalue weighted by Crippen LogP contribution is -2.33. The largest absolute Gasteiger partial charge is 0.284 e. The zero-order chi connectivity index (χ0) is 6.81. The maximum atomic E-state index is 4.35. The van der Waals surface area contributed by atoms with Gasteiger partial charge in [0.1, 0.15) is 0 Å². The quantitative estimate of drug-likeness (QED) is 0.431. The number of dihydropyridines is 1. The summed E-state index contributed by atoms with van der Waals surface area (Å²) in [5, 5.41) is 4.35. The summed E-state index contributed by atoms with van der Waals surface area (Å²) in [6.07, 6.45) is 8.30. The molecule has 0 spiro atoms. The van der Waals surface area contributed by atoms with E-state index in [-0.39, 0.29) is 6.04 Å². The maximum absolute atomic E-state index is 4.35. The van der Waals surface area contributed by atoms with Gasteiger partial charge in [0.25, 0.3) is 0 Å². The van der Waals surface area contributed by atoms with Crippen molar-refractivity contribution in [2.75, 3.05) is 13.1 Å². The van der Waals surface area contributed by atoms with Gasteiger partial charge in [-0.1, -0.05) is 18.2 Å². The number of rotatable bonds is 0. The number of aliphatic imine (C=N–C) groups is 1. The number of nitrogens with zero attached hydrogens (tertiary/aromatic N) is 2. The van der Waals surface area contributed by atoms with Gasteiger partial charge in [-0.05, 0) is 6.08 Å². The van der Waals surface area contributed by atoms with Crippen molar-refractivity contribution in [3.63, 3.8) is 0 Å². The SMILES string of the molecule is C1=CC2=NCC=CC2[N]C1. The molecule has 0 fully saturated rings. The zero-order valence-corrected chi connectivity index (χ0v) is 5.70. The van der Waals surface area contributed by atoms with Gasteiger partial charge in [-0.25, -0.2) is 5.32 Å². The van der Waals surface area contributed by atoms with Crippen LogP contribution in [0.15, 0.2) is 29.3 Å². The highest BCUT2D eigenvalue weighted by Gasteiger charge is 2.15. The number of hydrogen-bond acceptors (Lipinski definition) is 1. The van der Waals surface area contributed by atoms with E-state index < -0.39 is 0 Å². The molecule has 0 saturated carbocycles. The number of hydrogen-bond donors (Lipinski definition) is 0. The Labute approximate surface area is 60.3 Å². The Morgan fingerprint density at radius 3 is 3.20 bits per heavy atom. The van der Waals surface area contributed by atoms with Crippen molar-refractivity contribution >= 4 is 5.71 Å². The van der Waals surface area contributed by atoms with Crippen LogP contribution in [0.5, 0.6) is 0 Å². The molecule has 2 aliphatic heterocycles. The lowest BCUT2D eigenvalue weighted by atomic mass is 10.1. The van der Waals surface area contributed by atoms with E-state index in [1.807, 2.05) is 0 Å². The normalized spacial score (nSPS) is 29.6. The molecular formula is C8H9N2. The minimum Gasteiger partial charge on any atom is -0.284 e. The van der Waals surface area contributed by atoms with Crippen molar-refractivity contribution in [3.8, 4) is 0 Å². The van der Waals surface area contributed by atoms with Crippen molar-refractivity contribution in [2.45, 2.75) is 6.04 Å². The van der Waals surface area contributed by atoms with Crippen LogP contribution >= 0.6 is 0 Å². The minimum absolute atomic E-state index is 0.263. The Bertz CT molecular complexity index is 213. The highest BCUT2D eigenvalue weighted by molar-refractivity contribution is 6.01. The second-order valence-corrected chi connectivity index (χ2v) is 2.41. The summed E-state index contributed by atoms with van der Waals surface area (Å²) in [4.78, 5) is 4.30. The Morgan fingerprint density at radius 1 is 1.30 bits per heavy atom. The summed E-state index contributed by atoms with van der Waals surface area (Å²) in [7, 11) is 0. The third kappa shape index (κ3) is 0.907. The highest BCUT2D eigenvalue weighted by atomic mass is 14.9. The van der Waals surface area contributed by atoms with E-state index in [0.29, 0.717) is 0 Å². The Morgan fingerprint density at radius 2 is 2.30 bits per heavy atom. The molecule has 2 heterocycles. The van der Waals surface area contributed by atoms with E-state index in [9.17, 15) is 0 Å². The van der Waals surface area contributed by atoms with Crippen LogP contribution in [0, 0.1) is 0 Å². The van der Waals surface area contributed by atoms with E-state index >= 15 is 0 Å². The van der Waals surface area contributed by atoms with Gasteiger partial charge in [-0.2, -0.15) is 0 Å². The monoisotopic (exact) mass is 133 g/mol. The van der Waals surface area contributed by atoms with Crippen molar-refractivity contribution < 1.29 is 0 Å². The molecule has 0 N–H and O–H groups in total. The summed E-state index contributed by atoms with van der Waals surface area (Å²) in [6, 6.07) is 0.263. The predicted octanol–water partition coefficient (Wildman–Crippen LogP) is 0.540. The molecule has 0 amide bonds. The molecule has 0 bridgehead atoms. The topological polar surface area (TPSA) is 26.5 Å². The van der Waals surface area contributed by atoms with E-state index in [1.165, 1.54) is 0 Å². The lowest BCUT2D eigenvalue weighted by Gasteiger charge is -2.18. The smallest absolute Gasteiger partial charge is 0.0847 e. The van der Waals surface area contributed by atoms with Crippen LogP contribution in [0.2, 0.25) is 0 Å². The van der Waals surface area contributed by atoms with Gasteiger partial charge in [-0.3, -0.25) is 4.99 Å². The second kappa shape index (κ2) is 2.39. The van der Waals surface area contributed by atoms with Crippen LogP contribution < -0.4 is 5.32 Å². The van der Waals surface area contributed by atoms with Crippen LogP contribution in [-0.2, 0) is 0 Å². The Hall–Kier alpha value is -0.890. The van der Waals surface area contributed by atoms with Crippen molar-refractivity contribution in [1.82, 2.24) is 5.32 Å². The van der Waals surface area contributed by atoms with Gasteiger partial charge in [0.15, 0.2) is 0 Å². The predicted molar refractivity (Wildman–Crippen MR) is 41.4 cm³/mol. The van der Waals surface area contributed by atoms with Gasteiger partial charge >= 0.3 is 0 Å². The average Bonchev–Trinajstić information content (AvgIpc) is 2.05. The van der Waals surface area contributed by atoms with Gasteiger partial charge in [0.2, 0.25) is 0 Å². The fourth-order valence-corrected chi connectivity index (χ4v) is 1.19. The first-order valence-corrected chi connectivity index (χ1v) is 3.51. The average molecular weight is 133 g/mol. The van der Waals surface area contributed by atoms with Crippen LogP contribution in [0.25, 0.3) is 0 Å². The molecule has 2 rings (SSSR count). The first kappa shape index (κ1) is 5.86. The zero-order valence-electron chi connectivity index (χ0n) is 5.70. The van der Waals surface area contributed by atoms with E-state index in [2.05, 4.69) is 34.6 Å². The molecule has 51 valence electrons. The molecule has 0 aliphatic carbocycles. The van der Waals surface area contributed by atoms with Crippen LogP contribution in [0.4, 0.5) is 0 Å². The first-order chi connectivity index (χ1) is 4.97. The summed E-state index contributed by atoms with van der Waals surface area (Å²) < 4.78 is 0. The Balaban J connectivity index is 2.26.